The average molecular weight is 325 g/mol. The number of fused-ring (bicyclic) bond motifs is 1. The van der Waals surface area contributed by atoms with Crippen LogP contribution in [-0.2, 0) is 4.74 Å². The third-order valence-corrected chi connectivity index (χ3v) is 4.00. The second kappa shape index (κ2) is 4.94. The second-order valence-corrected chi connectivity index (χ2v) is 5.57. The molecular weight excluding hydrogens is 312 g/mol. The largest absolute Gasteiger partial charge is 0.378 e. The minimum atomic E-state index is -0.273. The summed E-state index contributed by atoms with van der Waals surface area (Å²) >= 11 is 3.38. The van der Waals surface area contributed by atoms with Gasteiger partial charge in [0.05, 0.1) is 17.1 Å². The van der Waals surface area contributed by atoms with Gasteiger partial charge in [0, 0.05) is 23.1 Å². The molecule has 1 aliphatic rings. The van der Waals surface area contributed by atoms with Crippen LogP contribution < -0.4 is 5.69 Å². The van der Waals surface area contributed by atoms with Crippen LogP contribution in [0.15, 0.2) is 21.4 Å². The summed E-state index contributed by atoms with van der Waals surface area (Å²) in [5.74, 6) is 0.0303. The van der Waals surface area contributed by atoms with Crippen LogP contribution >= 0.6 is 15.9 Å². The summed E-state index contributed by atoms with van der Waals surface area (Å²) in [6, 6.07) is 3.45. The predicted octanol–water partition coefficient (Wildman–Crippen LogP) is 2.37. The van der Waals surface area contributed by atoms with Crippen molar-refractivity contribution in [2.24, 2.45) is 0 Å². The monoisotopic (exact) mass is 324 g/mol. The molecule has 19 heavy (non-hydrogen) atoms. The van der Waals surface area contributed by atoms with Gasteiger partial charge in [-0.05, 0) is 40.9 Å². The number of nitrogens with one attached hydrogen (secondary N) is 2. The van der Waals surface area contributed by atoms with Crippen LogP contribution in [0.3, 0.4) is 0 Å². The molecule has 0 amide bonds. The Morgan fingerprint density at radius 2 is 2.11 bits per heavy atom. The number of rotatable bonds is 3. The maximum absolute atomic E-state index is 12.3. The molecule has 1 saturated heterocycles. The van der Waals surface area contributed by atoms with Crippen LogP contribution in [0.5, 0.6) is 0 Å². The molecule has 5 nitrogen and oxygen atoms in total. The maximum atomic E-state index is 12.3. The normalized spacial score (nSPS) is 19.1. The molecule has 0 bridgehead atoms. The third-order valence-electron chi connectivity index (χ3n) is 3.34. The van der Waals surface area contributed by atoms with Gasteiger partial charge in [0.1, 0.15) is 0 Å². The number of carbonyl (C=O) groups is 1. The van der Waals surface area contributed by atoms with E-state index in [2.05, 4.69) is 25.9 Å². The molecular formula is C13H13BrN2O3. The summed E-state index contributed by atoms with van der Waals surface area (Å²) in [5, 5.41) is 0. The molecule has 1 atom stereocenters. The smallest absolute Gasteiger partial charge is 0.323 e. The SMILES string of the molecule is O=C(CC1CCCO1)c1cc2[nH]c(=O)[nH]c2cc1Br. The van der Waals surface area contributed by atoms with Crippen molar-refractivity contribution in [3.8, 4) is 0 Å². The summed E-state index contributed by atoms with van der Waals surface area (Å²) < 4.78 is 6.17. The van der Waals surface area contributed by atoms with Crippen molar-refractivity contribution < 1.29 is 9.53 Å². The number of Topliss-reactive ketones (excluding diaryl/α,β-unsaturated/α-hetero) is 1. The van der Waals surface area contributed by atoms with Crippen molar-refractivity contribution in [3.63, 3.8) is 0 Å². The number of benzene rings is 1. The molecule has 6 heteroatoms. The molecule has 1 unspecified atom stereocenters. The fraction of sp³-hybridized carbons (Fsp3) is 0.385. The lowest BCUT2D eigenvalue weighted by Gasteiger charge is -2.09. The van der Waals surface area contributed by atoms with E-state index >= 15 is 0 Å². The van der Waals surface area contributed by atoms with Crippen molar-refractivity contribution in [1.82, 2.24) is 9.97 Å². The number of aromatic nitrogens is 2. The number of ether oxygens (including phenoxy) is 1. The first-order valence-electron chi connectivity index (χ1n) is 6.20. The molecule has 1 aromatic carbocycles. The molecule has 3 rings (SSSR count). The van der Waals surface area contributed by atoms with Crippen LogP contribution in [0, 0.1) is 0 Å². The first-order valence-corrected chi connectivity index (χ1v) is 6.99. The van der Waals surface area contributed by atoms with Gasteiger partial charge >= 0.3 is 5.69 Å². The Morgan fingerprint density at radius 3 is 2.79 bits per heavy atom. The van der Waals surface area contributed by atoms with Crippen molar-refractivity contribution in [1.29, 1.82) is 0 Å². The topological polar surface area (TPSA) is 75.0 Å². The van der Waals surface area contributed by atoms with Gasteiger partial charge in [-0.2, -0.15) is 0 Å². The van der Waals surface area contributed by atoms with Crippen LogP contribution in [-0.4, -0.2) is 28.5 Å². The number of H-pyrrole nitrogens is 2. The van der Waals surface area contributed by atoms with Crippen LogP contribution in [0.25, 0.3) is 11.0 Å². The highest BCUT2D eigenvalue weighted by atomic mass is 79.9. The Labute approximate surface area is 117 Å². The number of hydrogen-bond acceptors (Lipinski definition) is 3. The summed E-state index contributed by atoms with van der Waals surface area (Å²) in [6.07, 6.45) is 2.37. The van der Waals surface area contributed by atoms with E-state index in [4.69, 9.17) is 4.74 Å². The highest BCUT2D eigenvalue weighted by Crippen LogP contribution is 2.25. The van der Waals surface area contributed by atoms with E-state index in [1.807, 2.05) is 0 Å². The van der Waals surface area contributed by atoms with E-state index in [1.165, 1.54) is 0 Å². The zero-order chi connectivity index (χ0) is 13.4. The van der Waals surface area contributed by atoms with Gasteiger partial charge in [-0.15, -0.1) is 0 Å². The summed E-state index contributed by atoms with van der Waals surface area (Å²) in [7, 11) is 0. The molecule has 1 fully saturated rings. The molecule has 0 spiro atoms. The molecule has 100 valence electrons. The second-order valence-electron chi connectivity index (χ2n) is 4.72. The number of ketones is 1. The van der Waals surface area contributed by atoms with E-state index in [0.717, 1.165) is 19.4 Å². The Morgan fingerprint density at radius 1 is 1.37 bits per heavy atom. The molecule has 0 saturated carbocycles. The lowest BCUT2D eigenvalue weighted by Crippen LogP contribution is -2.13. The van der Waals surface area contributed by atoms with Crippen LogP contribution in [0.2, 0.25) is 0 Å². The van der Waals surface area contributed by atoms with E-state index in [9.17, 15) is 9.59 Å². The minimum absolute atomic E-state index is 0.0281. The van der Waals surface area contributed by atoms with Crippen LogP contribution in [0.1, 0.15) is 29.6 Å². The first-order chi connectivity index (χ1) is 9.13. The quantitative estimate of drug-likeness (QED) is 0.851. The molecule has 2 aromatic rings. The average Bonchev–Trinajstić information content (AvgIpc) is 2.96. The van der Waals surface area contributed by atoms with Crippen molar-refractivity contribution in [2.75, 3.05) is 6.61 Å². The molecule has 1 aromatic heterocycles. The summed E-state index contributed by atoms with van der Waals surface area (Å²) in [6.45, 7) is 0.739. The standard InChI is InChI=1S/C13H13BrN2O3/c14-9-6-11-10(15-13(18)16-11)5-8(9)12(17)4-7-2-1-3-19-7/h5-7H,1-4H2,(H2,15,16,18). The van der Waals surface area contributed by atoms with Crippen molar-refractivity contribution in [3.05, 3.63) is 32.7 Å². The van der Waals surface area contributed by atoms with Gasteiger partial charge in [0.25, 0.3) is 0 Å². The van der Waals surface area contributed by atoms with Gasteiger partial charge in [0.15, 0.2) is 5.78 Å². The van der Waals surface area contributed by atoms with Crippen molar-refractivity contribution >= 4 is 32.7 Å². The van der Waals surface area contributed by atoms with Gasteiger partial charge in [-0.25, -0.2) is 4.79 Å². The third kappa shape index (κ3) is 2.50. The summed E-state index contributed by atoms with van der Waals surface area (Å²) in [5.41, 5.74) is 1.64. The minimum Gasteiger partial charge on any atom is -0.378 e. The Kier molecular flexibility index (Phi) is 3.28. The number of hydrogen-bond donors (Lipinski definition) is 2. The molecule has 2 N–H and O–H groups in total. The van der Waals surface area contributed by atoms with Crippen molar-refractivity contribution in [2.45, 2.75) is 25.4 Å². The maximum Gasteiger partial charge on any atom is 0.323 e. The van der Waals surface area contributed by atoms with Gasteiger partial charge in [0.2, 0.25) is 0 Å². The van der Waals surface area contributed by atoms with Gasteiger partial charge in [-0.1, -0.05) is 0 Å². The molecule has 0 radical (unpaired) electrons. The van der Waals surface area contributed by atoms with Crippen LogP contribution in [0.4, 0.5) is 0 Å². The number of carbonyl (C=O) groups excluding carboxylic acids is 1. The van der Waals surface area contributed by atoms with E-state index < -0.39 is 0 Å². The fourth-order valence-electron chi connectivity index (χ4n) is 2.39. The number of imidazole rings is 1. The lowest BCUT2D eigenvalue weighted by molar-refractivity contribution is 0.0775. The molecule has 0 aliphatic carbocycles. The first kappa shape index (κ1) is 12.6. The number of halogens is 1. The fourth-order valence-corrected chi connectivity index (χ4v) is 2.96. The highest BCUT2D eigenvalue weighted by molar-refractivity contribution is 9.10. The van der Waals surface area contributed by atoms with Gasteiger partial charge in [-0.3, -0.25) is 4.79 Å². The van der Waals surface area contributed by atoms with Gasteiger partial charge < -0.3 is 14.7 Å². The Balaban J connectivity index is 1.92. The lowest BCUT2D eigenvalue weighted by atomic mass is 10.0. The number of aromatic amines is 2. The zero-order valence-corrected chi connectivity index (χ0v) is 11.7. The zero-order valence-electron chi connectivity index (χ0n) is 10.2. The van der Waals surface area contributed by atoms with E-state index in [1.54, 1.807) is 12.1 Å². The predicted molar refractivity (Wildman–Crippen MR) is 74.5 cm³/mol. The highest BCUT2D eigenvalue weighted by Gasteiger charge is 2.21. The Hall–Kier alpha value is -1.40. The molecule has 2 heterocycles. The molecule has 1 aliphatic heterocycles. The summed E-state index contributed by atoms with van der Waals surface area (Å²) in [4.78, 5) is 28.8. The van der Waals surface area contributed by atoms with E-state index in [-0.39, 0.29) is 17.6 Å². The Bertz CT molecular complexity index is 683. The van der Waals surface area contributed by atoms with E-state index in [0.29, 0.717) is 27.5 Å².